The zero-order chi connectivity index (χ0) is 14.9. The maximum atomic E-state index is 11.7. The van der Waals surface area contributed by atoms with E-state index in [2.05, 4.69) is 11.4 Å². The van der Waals surface area contributed by atoms with Crippen molar-refractivity contribution in [3.8, 4) is 5.75 Å². The number of benzene rings is 1. The predicted molar refractivity (Wildman–Crippen MR) is 81.0 cm³/mol. The molecule has 4 nitrogen and oxygen atoms in total. The molecular formula is C15H23NO3S. The van der Waals surface area contributed by atoms with Gasteiger partial charge in [-0.3, -0.25) is 0 Å². The van der Waals surface area contributed by atoms with Gasteiger partial charge in [0.15, 0.2) is 9.84 Å². The first-order valence-corrected chi connectivity index (χ1v) is 8.73. The van der Waals surface area contributed by atoms with E-state index < -0.39 is 9.84 Å². The second-order valence-corrected chi connectivity index (χ2v) is 7.84. The van der Waals surface area contributed by atoms with Crippen molar-refractivity contribution in [2.24, 2.45) is 5.92 Å². The summed E-state index contributed by atoms with van der Waals surface area (Å²) in [5.74, 6) is 1.61. The molecule has 20 heavy (non-hydrogen) atoms. The third-order valence-electron chi connectivity index (χ3n) is 4.17. The van der Waals surface area contributed by atoms with Gasteiger partial charge in [0.25, 0.3) is 0 Å². The van der Waals surface area contributed by atoms with E-state index in [1.54, 1.807) is 7.11 Å². The van der Waals surface area contributed by atoms with Gasteiger partial charge in [-0.25, -0.2) is 8.42 Å². The average molecular weight is 297 g/mol. The van der Waals surface area contributed by atoms with Crippen molar-refractivity contribution >= 4 is 9.84 Å². The largest absolute Gasteiger partial charge is 0.496 e. The van der Waals surface area contributed by atoms with E-state index in [-0.39, 0.29) is 17.7 Å². The zero-order valence-corrected chi connectivity index (χ0v) is 13.4. The lowest BCUT2D eigenvalue weighted by Crippen LogP contribution is -2.27. The highest BCUT2D eigenvalue weighted by atomic mass is 32.2. The smallest absolute Gasteiger partial charge is 0.150 e. The number of rotatable bonds is 4. The topological polar surface area (TPSA) is 55.4 Å². The van der Waals surface area contributed by atoms with Crippen molar-refractivity contribution in [3.63, 3.8) is 0 Å². The highest BCUT2D eigenvalue weighted by molar-refractivity contribution is 7.91. The summed E-state index contributed by atoms with van der Waals surface area (Å²) >= 11 is 0. The molecule has 5 heteroatoms. The first kappa shape index (κ1) is 15.3. The molecule has 2 unspecified atom stereocenters. The van der Waals surface area contributed by atoms with Crippen LogP contribution in [0.1, 0.15) is 29.2 Å². The maximum Gasteiger partial charge on any atom is 0.150 e. The van der Waals surface area contributed by atoms with Crippen LogP contribution in [0.5, 0.6) is 5.75 Å². The monoisotopic (exact) mass is 297 g/mol. The molecule has 1 N–H and O–H groups in total. The highest BCUT2D eigenvalue weighted by Gasteiger charge is 2.34. The summed E-state index contributed by atoms with van der Waals surface area (Å²) in [4.78, 5) is 0. The van der Waals surface area contributed by atoms with Crippen LogP contribution in [0, 0.1) is 19.8 Å². The van der Waals surface area contributed by atoms with Crippen LogP contribution in [0.2, 0.25) is 0 Å². The molecule has 0 radical (unpaired) electrons. The molecule has 0 amide bonds. The van der Waals surface area contributed by atoms with Crippen LogP contribution in [0.3, 0.4) is 0 Å². The Kier molecular flexibility index (Phi) is 4.39. The van der Waals surface area contributed by atoms with Crippen molar-refractivity contribution in [3.05, 3.63) is 28.8 Å². The van der Waals surface area contributed by atoms with Gasteiger partial charge in [0.05, 0.1) is 18.6 Å². The summed E-state index contributed by atoms with van der Waals surface area (Å²) in [5.41, 5.74) is 3.39. The van der Waals surface area contributed by atoms with Crippen LogP contribution >= 0.6 is 0 Å². The van der Waals surface area contributed by atoms with E-state index in [1.165, 1.54) is 5.56 Å². The number of ether oxygens (including phenoxy) is 1. The first-order valence-electron chi connectivity index (χ1n) is 6.90. The van der Waals surface area contributed by atoms with Crippen LogP contribution in [-0.4, -0.2) is 34.1 Å². The molecule has 1 saturated heterocycles. The van der Waals surface area contributed by atoms with E-state index in [1.807, 2.05) is 27.0 Å². The average Bonchev–Trinajstić information content (AvgIpc) is 2.74. The first-order chi connectivity index (χ1) is 9.38. The summed E-state index contributed by atoms with van der Waals surface area (Å²) in [6.07, 6.45) is 0.734. The lowest BCUT2D eigenvalue weighted by molar-refractivity contribution is 0.404. The second-order valence-electron chi connectivity index (χ2n) is 5.61. The number of aryl methyl sites for hydroxylation is 2. The Morgan fingerprint density at radius 3 is 2.50 bits per heavy atom. The Bertz CT molecular complexity index is 595. The van der Waals surface area contributed by atoms with Crippen LogP contribution in [0.4, 0.5) is 0 Å². The molecule has 2 rings (SSSR count). The Labute approximate surface area is 121 Å². The molecule has 0 bridgehead atoms. The molecule has 0 saturated carbocycles. The van der Waals surface area contributed by atoms with Gasteiger partial charge in [0.1, 0.15) is 5.75 Å². The Balaban J connectivity index is 2.35. The number of nitrogens with one attached hydrogen (secondary N) is 1. The van der Waals surface area contributed by atoms with E-state index in [0.717, 1.165) is 23.3 Å². The number of methoxy groups -OCH3 is 1. The van der Waals surface area contributed by atoms with Gasteiger partial charge in [-0.15, -0.1) is 0 Å². The summed E-state index contributed by atoms with van der Waals surface area (Å²) in [6.45, 7) is 4.06. The fraction of sp³-hybridized carbons (Fsp3) is 0.600. The van der Waals surface area contributed by atoms with Crippen LogP contribution in [0.25, 0.3) is 0 Å². The normalized spacial score (nSPS) is 22.7. The van der Waals surface area contributed by atoms with Gasteiger partial charge in [-0.1, -0.05) is 6.07 Å². The third kappa shape index (κ3) is 2.99. The summed E-state index contributed by atoms with van der Waals surface area (Å²) in [7, 11) is 0.706. The predicted octanol–water partition coefficient (Wildman–Crippen LogP) is 2.01. The van der Waals surface area contributed by atoms with Crippen LogP contribution in [-0.2, 0) is 9.84 Å². The van der Waals surface area contributed by atoms with Crippen molar-refractivity contribution in [2.75, 3.05) is 25.7 Å². The van der Waals surface area contributed by atoms with E-state index in [9.17, 15) is 8.42 Å². The summed E-state index contributed by atoms with van der Waals surface area (Å²) in [5, 5.41) is 3.30. The van der Waals surface area contributed by atoms with Gasteiger partial charge in [0.2, 0.25) is 0 Å². The number of sulfone groups is 1. The molecule has 0 aromatic heterocycles. The highest BCUT2D eigenvalue weighted by Crippen LogP contribution is 2.35. The molecule has 1 fully saturated rings. The summed E-state index contributed by atoms with van der Waals surface area (Å²) < 4.78 is 28.7. The SMILES string of the molecule is CNC(c1cc(C)c(OC)cc1C)C1CCS(=O)(=O)C1. The maximum absolute atomic E-state index is 11.7. The lowest BCUT2D eigenvalue weighted by atomic mass is 9.89. The van der Waals surface area contributed by atoms with Crippen molar-refractivity contribution < 1.29 is 13.2 Å². The molecule has 0 spiro atoms. The molecule has 112 valence electrons. The minimum atomic E-state index is -2.86. The minimum absolute atomic E-state index is 0.0804. The lowest BCUT2D eigenvalue weighted by Gasteiger charge is -2.25. The standard InChI is InChI=1S/C15H23NO3S/c1-10-8-14(19-4)11(2)7-13(10)15(16-3)12-5-6-20(17,18)9-12/h7-8,12,15-16H,5-6,9H2,1-4H3. The van der Waals surface area contributed by atoms with Crippen LogP contribution < -0.4 is 10.1 Å². The molecule has 1 aromatic rings. The molecular weight excluding hydrogens is 274 g/mol. The van der Waals surface area contributed by atoms with Crippen molar-refractivity contribution in [2.45, 2.75) is 26.3 Å². The van der Waals surface area contributed by atoms with Gasteiger partial charge >= 0.3 is 0 Å². The quantitative estimate of drug-likeness (QED) is 0.923. The van der Waals surface area contributed by atoms with Gasteiger partial charge < -0.3 is 10.1 Å². The molecule has 1 aromatic carbocycles. The molecule has 1 aliphatic rings. The molecule has 0 aliphatic carbocycles. The third-order valence-corrected chi connectivity index (χ3v) is 5.96. The molecule has 2 atom stereocenters. The molecule has 1 aliphatic heterocycles. The van der Waals surface area contributed by atoms with Gasteiger partial charge in [-0.2, -0.15) is 0 Å². The number of hydrogen-bond acceptors (Lipinski definition) is 4. The number of hydrogen-bond donors (Lipinski definition) is 1. The van der Waals surface area contributed by atoms with Gasteiger partial charge in [0, 0.05) is 6.04 Å². The van der Waals surface area contributed by atoms with E-state index in [4.69, 9.17) is 4.74 Å². The van der Waals surface area contributed by atoms with Gasteiger partial charge in [-0.05, 0) is 56.0 Å². The zero-order valence-electron chi connectivity index (χ0n) is 12.6. The van der Waals surface area contributed by atoms with E-state index >= 15 is 0 Å². The van der Waals surface area contributed by atoms with E-state index in [0.29, 0.717) is 5.75 Å². The van der Waals surface area contributed by atoms with Crippen molar-refractivity contribution in [1.82, 2.24) is 5.32 Å². The second kappa shape index (κ2) is 5.74. The fourth-order valence-corrected chi connectivity index (χ4v) is 4.94. The minimum Gasteiger partial charge on any atom is -0.496 e. The fourth-order valence-electron chi connectivity index (χ4n) is 3.10. The van der Waals surface area contributed by atoms with Crippen LogP contribution in [0.15, 0.2) is 12.1 Å². The Hall–Kier alpha value is -1.07. The Morgan fingerprint density at radius 1 is 1.30 bits per heavy atom. The Morgan fingerprint density at radius 2 is 2.00 bits per heavy atom. The summed E-state index contributed by atoms with van der Waals surface area (Å²) in [6, 6.07) is 4.22. The van der Waals surface area contributed by atoms with Crippen molar-refractivity contribution in [1.29, 1.82) is 0 Å². The molecule has 1 heterocycles.